The van der Waals surface area contributed by atoms with Crippen molar-refractivity contribution in [3.05, 3.63) is 42.5 Å². The first-order valence-corrected chi connectivity index (χ1v) is 10.3. The molecule has 8 heteroatoms. The van der Waals surface area contributed by atoms with Crippen molar-refractivity contribution in [1.82, 2.24) is 0 Å². The number of benzene rings is 2. The number of hydrogen-bond donors (Lipinski definition) is 1. The fourth-order valence-electron chi connectivity index (χ4n) is 2.59. The van der Waals surface area contributed by atoms with E-state index in [0.717, 1.165) is 4.90 Å². The number of carbonyl (C=O) groups is 1. The summed E-state index contributed by atoms with van der Waals surface area (Å²) in [7, 11) is -3.77. The Morgan fingerprint density at radius 2 is 2.04 bits per heavy atom. The maximum atomic E-state index is 12.7. The predicted octanol–water partition coefficient (Wildman–Crippen LogP) is 2.95. The molecule has 25 heavy (non-hydrogen) atoms. The van der Waals surface area contributed by atoms with Gasteiger partial charge in [-0.1, -0.05) is 6.07 Å². The summed E-state index contributed by atoms with van der Waals surface area (Å²) >= 11 is 1.53. The van der Waals surface area contributed by atoms with E-state index in [1.54, 1.807) is 24.3 Å². The molecule has 2 aromatic rings. The fourth-order valence-corrected chi connectivity index (χ4v) is 4.12. The van der Waals surface area contributed by atoms with E-state index in [1.807, 2.05) is 12.3 Å². The molecule has 6 nitrogen and oxygen atoms in total. The average molecular weight is 378 g/mol. The van der Waals surface area contributed by atoms with Crippen LogP contribution in [0.5, 0.6) is 5.75 Å². The van der Waals surface area contributed by atoms with Crippen molar-refractivity contribution in [2.45, 2.75) is 16.7 Å². The lowest BCUT2D eigenvalue weighted by atomic mass is 10.2. The molecule has 0 fully saturated rings. The molecule has 0 saturated heterocycles. The Morgan fingerprint density at radius 1 is 1.24 bits per heavy atom. The number of fused-ring (bicyclic) bond motifs is 1. The summed E-state index contributed by atoms with van der Waals surface area (Å²) in [6.45, 7) is 2.23. The smallest absolute Gasteiger partial charge is 0.261 e. The normalized spacial score (nSPS) is 13.8. The molecule has 0 radical (unpaired) electrons. The van der Waals surface area contributed by atoms with Crippen LogP contribution < -0.4 is 14.4 Å². The van der Waals surface area contributed by atoms with Gasteiger partial charge in [-0.2, -0.15) is 0 Å². The molecule has 132 valence electrons. The topological polar surface area (TPSA) is 75.7 Å². The molecule has 1 heterocycles. The molecule has 1 amide bonds. The molecule has 0 atom stereocenters. The SMILES string of the molecule is CSc1cccc(NS(=O)(=O)c2ccc3c(c2)N(C(C)=O)CCO3)c1. The van der Waals surface area contributed by atoms with Gasteiger partial charge < -0.3 is 9.64 Å². The Morgan fingerprint density at radius 3 is 2.76 bits per heavy atom. The van der Waals surface area contributed by atoms with Crippen LogP contribution in [0.25, 0.3) is 0 Å². The number of nitrogens with zero attached hydrogens (tertiary/aromatic N) is 1. The predicted molar refractivity (Wildman–Crippen MR) is 99.0 cm³/mol. The lowest BCUT2D eigenvalue weighted by Gasteiger charge is -2.29. The van der Waals surface area contributed by atoms with Crippen LogP contribution in [-0.2, 0) is 14.8 Å². The van der Waals surface area contributed by atoms with E-state index in [1.165, 1.54) is 35.7 Å². The third-order valence-corrected chi connectivity index (χ3v) is 5.91. The minimum Gasteiger partial charge on any atom is -0.490 e. The molecule has 3 rings (SSSR count). The van der Waals surface area contributed by atoms with Gasteiger partial charge in [-0.15, -0.1) is 11.8 Å². The highest BCUT2D eigenvalue weighted by Crippen LogP contribution is 2.34. The van der Waals surface area contributed by atoms with Crippen molar-refractivity contribution in [2.24, 2.45) is 0 Å². The summed E-state index contributed by atoms with van der Waals surface area (Å²) in [6, 6.07) is 11.7. The summed E-state index contributed by atoms with van der Waals surface area (Å²) in [4.78, 5) is 14.3. The van der Waals surface area contributed by atoms with Crippen LogP contribution >= 0.6 is 11.8 Å². The van der Waals surface area contributed by atoms with Crippen molar-refractivity contribution in [1.29, 1.82) is 0 Å². The van der Waals surface area contributed by atoms with E-state index >= 15 is 0 Å². The van der Waals surface area contributed by atoms with E-state index in [9.17, 15) is 13.2 Å². The maximum absolute atomic E-state index is 12.7. The number of carbonyl (C=O) groups excluding carboxylic acids is 1. The standard InChI is InChI=1S/C17H18N2O4S2/c1-12(20)19-8-9-23-17-7-6-15(11-16(17)19)25(21,22)18-13-4-3-5-14(10-13)24-2/h3-7,10-11,18H,8-9H2,1-2H3. The number of anilines is 2. The van der Waals surface area contributed by atoms with E-state index in [4.69, 9.17) is 4.74 Å². The third kappa shape index (κ3) is 3.74. The van der Waals surface area contributed by atoms with Gasteiger partial charge in [0.2, 0.25) is 5.91 Å². The van der Waals surface area contributed by atoms with Crippen LogP contribution in [0.3, 0.4) is 0 Å². The maximum Gasteiger partial charge on any atom is 0.261 e. The zero-order valence-corrected chi connectivity index (χ0v) is 15.5. The minimum absolute atomic E-state index is 0.0811. The van der Waals surface area contributed by atoms with Gasteiger partial charge in [-0.3, -0.25) is 9.52 Å². The monoisotopic (exact) mass is 378 g/mol. The van der Waals surface area contributed by atoms with Crippen LogP contribution in [0.1, 0.15) is 6.92 Å². The number of hydrogen-bond acceptors (Lipinski definition) is 5. The van der Waals surface area contributed by atoms with Crippen molar-refractivity contribution >= 4 is 39.1 Å². The van der Waals surface area contributed by atoms with Gasteiger partial charge >= 0.3 is 0 Å². The van der Waals surface area contributed by atoms with Gasteiger partial charge in [0.15, 0.2) is 0 Å². The molecule has 0 aliphatic carbocycles. The van der Waals surface area contributed by atoms with Crippen molar-refractivity contribution in [3.8, 4) is 5.75 Å². The number of nitrogens with one attached hydrogen (secondary N) is 1. The van der Waals surface area contributed by atoms with Crippen LogP contribution in [-0.4, -0.2) is 33.7 Å². The third-order valence-electron chi connectivity index (χ3n) is 3.81. The summed E-state index contributed by atoms with van der Waals surface area (Å²) in [6.07, 6.45) is 1.92. The molecular weight excluding hydrogens is 360 g/mol. The highest BCUT2D eigenvalue weighted by Gasteiger charge is 2.24. The molecule has 0 spiro atoms. The van der Waals surface area contributed by atoms with E-state index in [2.05, 4.69) is 4.72 Å². The van der Waals surface area contributed by atoms with Crippen LogP contribution in [0.2, 0.25) is 0 Å². The Kier molecular flexibility index (Phi) is 4.91. The molecule has 2 aromatic carbocycles. The molecule has 1 aliphatic rings. The first-order chi connectivity index (χ1) is 11.9. The summed E-state index contributed by atoms with van der Waals surface area (Å²) in [5.74, 6) is 0.351. The van der Waals surface area contributed by atoms with E-state index < -0.39 is 10.0 Å². The van der Waals surface area contributed by atoms with E-state index in [-0.39, 0.29) is 10.8 Å². The second kappa shape index (κ2) is 6.97. The largest absolute Gasteiger partial charge is 0.490 e. The first kappa shape index (κ1) is 17.6. The number of amides is 1. The van der Waals surface area contributed by atoms with Crippen molar-refractivity contribution in [2.75, 3.05) is 29.0 Å². The van der Waals surface area contributed by atoms with Crippen LogP contribution in [0.4, 0.5) is 11.4 Å². The molecule has 0 bridgehead atoms. The summed E-state index contributed by atoms with van der Waals surface area (Å²) in [5.41, 5.74) is 0.962. The van der Waals surface area contributed by atoms with Gasteiger partial charge in [0.05, 0.1) is 17.1 Å². The lowest BCUT2D eigenvalue weighted by Crippen LogP contribution is -2.36. The first-order valence-electron chi connectivity index (χ1n) is 7.62. The lowest BCUT2D eigenvalue weighted by molar-refractivity contribution is -0.116. The van der Waals surface area contributed by atoms with Gasteiger partial charge in [0.25, 0.3) is 10.0 Å². The minimum atomic E-state index is -3.77. The Labute approximate surface area is 151 Å². The summed E-state index contributed by atoms with van der Waals surface area (Å²) in [5, 5.41) is 0. The zero-order valence-electron chi connectivity index (χ0n) is 13.9. The summed E-state index contributed by atoms with van der Waals surface area (Å²) < 4.78 is 33.5. The zero-order chi connectivity index (χ0) is 18.0. The Bertz CT molecular complexity index is 913. The highest BCUT2D eigenvalue weighted by atomic mass is 32.2. The number of sulfonamides is 1. The van der Waals surface area contributed by atoms with E-state index in [0.29, 0.717) is 30.3 Å². The van der Waals surface area contributed by atoms with Gasteiger partial charge in [-0.25, -0.2) is 8.42 Å². The molecule has 1 aliphatic heterocycles. The second-order valence-electron chi connectivity index (χ2n) is 5.49. The Balaban J connectivity index is 1.95. The number of ether oxygens (including phenoxy) is 1. The quantitative estimate of drug-likeness (QED) is 0.828. The van der Waals surface area contributed by atoms with Gasteiger partial charge in [0, 0.05) is 17.5 Å². The second-order valence-corrected chi connectivity index (χ2v) is 8.05. The number of rotatable bonds is 4. The highest BCUT2D eigenvalue weighted by molar-refractivity contribution is 7.98. The van der Waals surface area contributed by atoms with Crippen molar-refractivity contribution < 1.29 is 17.9 Å². The van der Waals surface area contributed by atoms with Crippen LogP contribution in [0.15, 0.2) is 52.3 Å². The molecular formula is C17H18N2O4S2. The molecule has 0 saturated carbocycles. The Hall–Kier alpha value is -2.19. The molecule has 0 unspecified atom stereocenters. The number of thioether (sulfide) groups is 1. The molecule has 1 N–H and O–H groups in total. The van der Waals surface area contributed by atoms with Gasteiger partial charge in [0.1, 0.15) is 12.4 Å². The van der Waals surface area contributed by atoms with Crippen molar-refractivity contribution in [3.63, 3.8) is 0 Å². The average Bonchev–Trinajstić information content (AvgIpc) is 2.60. The fraction of sp³-hybridized carbons (Fsp3) is 0.235. The molecule has 0 aromatic heterocycles. The van der Waals surface area contributed by atoms with Gasteiger partial charge in [-0.05, 0) is 42.7 Å². The van der Waals surface area contributed by atoms with Crippen LogP contribution in [0, 0.1) is 0 Å².